The van der Waals surface area contributed by atoms with Crippen LogP contribution in [0, 0.1) is 0 Å². The quantitative estimate of drug-likeness (QED) is 0.717. The van der Waals surface area contributed by atoms with Gasteiger partial charge in [0, 0.05) is 24.5 Å². The molecule has 7 heteroatoms. The lowest BCUT2D eigenvalue weighted by Gasteiger charge is -2.12. The lowest BCUT2D eigenvalue weighted by molar-refractivity contribution is 0.0938. The van der Waals surface area contributed by atoms with E-state index in [2.05, 4.69) is 32.5 Å². The number of imidazole rings is 1. The number of nitrogens with zero attached hydrogens (tertiary/aromatic N) is 2. The summed E-state index contributed by atoms with van der Waals surface area (Å²) in [6, 6.07) is 3.01. The maximum atomic E-state index is 12.3. The number of anilines is 1. The van der Waals surface area contributed by atoms with E-state index in [1.54, 1.807) is 24.5 Å². The summed E-state index contributed by atoms with van der Waals surface area (Å²) in [6.45, 7) is 4.68. The molecule has 0 radical (unpaired) electrons. The third kappa shape index (κ3) is 4.19. The SMILES string of the molecule is CCCNc1cc(C(=O)NC(C)c2ncc[nH]2)cc(Cl)n1. The molecule has 0 spiro atoms. The first kappa shape index (κ1) is 15.3. The van der Waals surface area contributed by atoms with Crippen molar-refractivity contribution in [3.63, 3.8) is 0 Å². The zero-order valence-corrected chi connectivity index (χ0v) is 12.7. The molecule has 2 aromatic rings. The fourth-order valence-corrected chi connectivity index (χ4v) is 2.04. The van der Waals surface area contributed by atoms with Crippen molar-refractivity contribution in [1.82, 2.24) is 20.3 Å². The Hall–Kier alpha value is -2.08. The second-order valence-corrected chi connectivity index (χ2v) is 5.05. The van der Waals surface area contributed by atoms with Gasteiger partial charge in [-0.2, -0.15) is 0 Å². The molecule has 21 heavy (non-hydrogen) atoms. The minimum atomic E-state index is -0.220. The van der Waals surface area contributed by atoms with Crippen LogP contribution >= 0.6 is 11.6 Å². The van der Waals surface area contributed by atoms with E-state index in [1.165, 1.54) is 0 Å². The lowest BCUT2D eigenvalue weighted by Crippen LogP contribution is -2.27. The molecule has 112 valence electrons. The first-order valence-corrected chi connectivity index (χ1v) is 7.19. The number of carbonyl (C=O) groups is 1. The van der Waals surface area contributed by atoms with Gasteiger partial charge in [-0.3, -0.25) is 4.79 Å². The van der Waals surface area contributed by atoms with Gasteiger partial charge in [-0.1, -0.05) is 18.5 Å². The Morgan fingerprint density at radius 2 is 2.29 bits per heavy atom. The average Bonchev–Trinajstić information content (AvgIpc) is 2.98. The zero-order chi connectivity index (χ0) is 15.2. The minimum Gasteiger partial charge on any atom is -0.370 e. The number of nitrogens with one attached hydrogen (secondary N) is 3. The van der Waals surface area contributed by atoms with E-state index in [4.69, 9.17) is 11.6 Å². The number of aromatic amines is 1. The molecule has 2 heterocycles. The maximum Gasteiger partial charge on any atom is 0.252 e. The predicted octanol–water partition coefficient (Wildman–Crippen LogP) is 2.77. The summed E-state index contributed by atoms with van der Waals surface area (Å²) in [5.41, 5.74) is 0.465. The third-order valence-corrected chi connectivity index (χ3v) is 3.08. The number of amides is 1. The molecule has 0 saturated carbocycles. The van der Waals surface area contributed by atoms with Crippen LogP contribution in [0.25, 0.3) is 0 Å². The molecule has 1 amide bonds. The van der Waals surface area contributed by atoms with Crippen LogP contribution < -0.4 is 10.6 Å². The summed E-state index contributed by atoms with van der Waals surface area (Å²) in [4.78, 5) is 23.5. The van der Waals surface area contributed by atoms with Crippen LogP contribution in [0.1, 0.15) is 42.5 Å². The van der Waals surface area contributed by atoms with Gasteiger partial charge in [0.25, 0.3) is 5.91 Å². The number of halogens is 1. The van der Waals surface area contributed by atoms with Crippen molar-refractivity contribution >= 4 is 23.3 Å². The largest absolute Gasteiger partial charge is 0.370 e. The fraction of sp³-hybridized carbons (Fsp3) is 0.357. The Balaban J connectivity index is 2.09. The number of pyridine rings is 1. The van der Waals surface area contributed by atoms with Crippen LogP contribution in [0.15, 0.2) is 24.5 Å². The first-order valence-electron chi connectivity index (χ1n) is 6.81. The number of hydrogen-bond donors (Lipinski definition) is 3. The van der Waals surface area contributed by atoms with Crippen molar-refractivity contribution in [2.75, 3.05) is 11.9 Å². The summed E-state index contributed by atoms with van der Waals surface area (Å²) in [5.74, 6) is 1.08. The van der Waals surface area contributed by atoms with Crippen LogP contribution in [-0.4, -0.2) is 27.4 Å². The van der Waals surface area contributed by atoms with Gasteiger partial charge in [0.1, 0.15) is 16.8 Å². The second kappa shape index (κ2) is 7.08. The smallest absolute Gasteiger partial charge is 0.252 e. The highest BCUT2D eigenvalue weighted by atomic mass is 35.5. The molecule has 0 aliphatic heterocycles. The van der Waals surface area contributed by atoms with E-state index in [-0.39, 0.29) is 17.1 Å². The van der Waals surface area contributed by atoms with E-state index < -0.39 is 0 Å². The standard InChI is InChI=1S/C14H18ClN5O/c1-3-4-16-12-8-10(7-11(15)20-12)14(21)19-9(2)13-17-5-6-18-13/h5-9H,3-4H2,1-2H3,(H,16,20)(H,17,18)(H,19,21). The average molecular weight is 308 g/mol. The number of H-pyrrole nitrogens is 1. The number of hydrogen-bond acceptors (Lipinski definition) is 4. The van der Waals surface area contributed by atoms with E-state index >= 15 is 0 Å². The molecule has 1 unspecified atom stereocenters. The van der Waals surface area contributed by atoms with Gasteiger partial charge in [0.05, 0.1) is 6.04 Å². The molecule has 0 saturated heterocycles. The molecule has 0 aliphatic carbocycles. The predicted molar refractivity (Wildman–Crippen MR) is 82.5 cm³/mol. The molecular formula is C14H18ClN5O. The van der Waals surface area contributed by atoms with Crippen LogP contribution in [0.4, 0.5) is 5.82 Å². The second-order valence-electron chi connectivity index (χ2n) is 4.66. The van der Waals surface area contributed by atoms with E-state index in [1.807, 2.05) is 6.92 Å². The molecule has 0 bridgehead atoms. The zero-order valence-electron chi connectivity index (χ0n) is 12.0. The maximum absolute atomic E-state index is 12.3. The van der Waals surface area contributed by atoms with Crippen molar-refractivity contribution in [3.8, 4) is 0 Å². The number of rotatable bonds is 6. The summed E-state index contributed by atoms with van der Waals surface area (Å²) < 4.78 is 0. The van der Waals surface area contributed by atoms with E-state index in [0.717, 1.165) is 13.0 Å². The summed E-state index contributed by atoms with van der Waals surface area (Å²) in [7, 11) is 0. The number of carbonyl (C=O) groups excluding carboxylic acids is 1. The fourth-order valence-electron chi connectivity index (χ4n) is 1.83. The summed E-state index contributed by atoms with van der Waals surface area (Å²) in [6.07, 6.45) is 4.33. The molecule has 2 aromatic heterocycles. The van der Waals surface area contributed by atoms with E-state index in [0.29, 0.717) is 17.2 Å². The van der Waals surface area contributed by atoms with Crippen molar-refractivity contribution < 1.29 is 4.79 Å². The van der Waals surface area contributed by atoms with Gasteiger partial charge >= 0.3 is 0 Å². The molecule has 0 aromatic carbocycles. The van der Waals surface area contributed by atoms with Gasteiger partial charge in [-0.05, 0) is 25.5 Å². The highest BCUT2D eigenvalue weighted by Crippen LogP contribution is 2.16. The van der Waals surface area contributed by atoms with Crippen LogP contribution in [-0.2, 0) is 0 Å². The van der Waals surface area contributed by atoms with Crippen molar-refractivity contribution in [2.24, 2.45) is 0 Å². The summed E-state index contributed by atoms with van der Waals surface area (Å²) in [5, 5.41) is 6.26. The van der Waals surface area contributed by atoms with Gasteiger partial charge in [-0.15, -0.1) is 0 Å². The molecule has 3 N–H and O–H groups in total. The molecule has 0 fully saturated rings. The Morgan fingerprint density at radius 3 is 2.95 bits per heavy atom. The van der Waals surface area contributed by atoms with Gasteiger partial charge in [0.2, 0.25) is 0 Å². The molecule has 2 rings (SSSR count). The molecular weight excluding hydrogens is 290 g/mol. The lowest BCUT2D eigenvalue weighted by atomic mass is 10.2. The number of aromatic nitrogens is 3. The normalized spacial score (nSPS) is 12.0. The Morgan fingerprint density at radius 1 is 1.48 bits per heavy atom. The van der Waals surface area contributed by atoms with Crippen LogP contribution in [0.2, 0.25) is 5.15 Å². The van der Waals surface area contributed by atoms with Crippen molar-refractivity contribution in [1.29, 1.82) is 0 Å². The van der Waals surface area contributed by atoms with Gasteiger partial charge < -0.3 is 15.6 Å². The molecule has 6 nitrogen and oxygen atoms in total. The van der Waals surface area contributed by atoms with Gasteiger partial charge in [0.15, 0.2) is 0 Å². The van der Waals surface area contributed by atoms with Crippen LogP contribution in [0.5, 0.6) is 0 Å². The van der Waals surface area contributed by atoms with Gasteiger partial charge in [-0.25, -0.2) is 9.97 Å². The topological polar surface area (TPSA) is 82.7 Å². The van der Waals surface area contributed by atoms with Crippen molar-refractivity contribution in [3.05, 3.63) is 41.1 Å². The monoisotopic (exact) mass is 307 g/mol. The molecule has 1 atom stereocenters. The van der Waals surface area contributed by atoms with Crippen molar-refractivity contribution in [2.45, 2.75) is 26.3 Å². The minimum absolute atomic E-state index is 0.216. The summed E-state index contributed by atoms with van der Waals surface area (Å²) >= 11 is 5.96. The Labute approximate surface area is 128 Å². The molecule has 0 aliphatic rings. The van der Waals surface area contributed by atoms with Crippen LogP contribution in [0.3, 0.4) is 0 Å². The van der Waals surface area contributed by atoms with E-state index in [9.17, 15) is 4.79 Å². The Kier molecular flexibility index (Phi) is 5.16. The highest BCUT2D eigenvalue weighted by Gasteiger charge is 2.14. The third-order valence-electron chi connectivity index (χ3n) is 2.89. The first-order chi connectivity index (χ1) is 10.1. The highest BCUT2D eigenvalue weighted by molar-refractivity contribution is 6.29. The Bertz CT molecular complexity index is 599.